The van der Waals surface area contributed by atoms with Crippen LogP contribution in [-0.2, 0) is 53.1 Å². The van der Waals surface area contributed by atoms with Gasteiger partial charge in [-0.25, -0.2) is 23.0 Å². The number of hydrogen-bond acceptors (Lipinski definition) is 9. The van der Waals surface area contributed by atoms with Crippen molar-refractivity contribution in [1.82, 2.24) is 19.9 Å². The van der Waals surface area contributed by atoms with Crippen molar-refractivity contribution in [3.8, 4) is 0 Å². The highest BCUT2D eigenvalue weighted by atomic mass is 32.2. The number of anilines is 1. The average Bonchev–Trinajstić information content (AvgIpc) is 3.03. The van der Waals surface area contributed by atoms with Gasteiger partial charge in [0.25, 0.3) is 0 Å². The van der Waals surface area contributed by atoms with Crippen LogP contribution in [0.1, 0.15) is 77.1 Å². The number of pyridine rings is 1. The van der Waals surface area contributed by atoms with E-state index in [1.165, 1.54) is 10.4 Å². The average molecular weight is 700 g/mol. The van der Waals surface area contributed by atoms with Gasteiger partial charge in [0.1, 0.15) is 17.5 Å². The first-order valence-corrected chi connectivity index (χ1v) is 18.5. The Hall–Kier alpha value is -4.04. The summed E-state index contributed by atoms with van der Waals surface area (Å²) in [7, 11) is -3.74. The molecule has 13 nitrogen and oxygen atoms in total. The number of carbonyl (C=O) groups excluding carboxylic acids is 4. The third kappa shape index (κ3) is 10.2. The molecular weight excluding hydrogens is 650 g/mol. The number of carbonyl (C=O) groups is 4. The lowest BCUT2D eigenvalue weighted by molar-refractivity contribution is -0.148. The van der Waals surface area contributed by atoms with Crippen molar-refractivity contribution in [3.05, 3.63) is 53.2 Å². The Labute approximate surface area is 289 Å². The summed E-state index contributed by atoms with van der Waals surface area (Å²) in [5.74, 6) is -1.46. The second-order valence-electron chi connectivity index (χ2n) is 13.4. The van der Waals surface area contributed by atoms with Crippen molar-refractivity contribution in [2.24, 2.45) is 5.92 Å². The number of fused-ring (bicyclic) bond motifs is 1. The van der Waals surface area contributed by atoms with Crippen LogP contribution < -0.4 is 15.5 Å². The predicted octanol–water partition coefficient (Wildman–Crippen LogP) is 3.53. The minimum Gasteiger partial charge on any atom is -0.464 e. The maximum Gasteiger partial charge on any atom is 0.416 e. The van der Waals surface area contributed by atoms with Crippen molar-refractivity contribution in [2.45, 2.75) is 96.1 Å². The molecule has 1 atom stereocenters. The predicted molar refractivity (Wildman–Crippen MR) is 183 cm³/mol. The molecular formula is C35H49N5O8S. The molecule has 1 aromatic heterocycles. The molecule has 0 bridgehead atoms. The standard InChI is InChI=1S/C35H49N5O8S/c1-6-24-12-10-15-28(20-24)49(45,46)39-22-26(23-39)32(42)38-29(33(43)47-7-2)21-36-30(41)16-9-8-14-27-18-17-25-13-11-19-40(31(25)37-27)34(44)48-35(3,4)5/h10,12,15,17-18,20,26,29H,6-9,11,13-14,16,19,21-23H2,1-5H3,(H,36,41)(H,38,42). The molecule has 1 aromatic carbocycles. The zero-order valence-electron chi connectivity index (χ0n) is 29.1. The zero-order chi connectivity index (χ0) is 35.8. The van der Waals surface area contributed by atoms with E-state index in [0.717, 1.165) is 29.7 Å². The highest BCUT2D eigenvalue weighted by Gasteiger charge is 2.41. The zero-order valence-corrected chi connectivity index (χ0v) is 29.9. The molecule has 1 saturated heterocycles. The van der Waals surface area contributed by atoms with Crippen LogP contribution in [0.15, 0.2) is 41.3 Å². The van der Waals surface area contributed by atoms with E-state index in [9.17, 15) is 27.6 Å². The number of amides is 3. The number of rotatable bonds is 14. The summed E-state index contributed by atoms with van der Waals surface area (Å²) >= 11 is 0. The minimum absolute atomic E-state index is 0.00939. The molecule has 0 spiro atoms. The van der Waals surface area contributed by atoms with E-state index in [-0.39, 0.29) is 43.5 Å². The molecule has 0 saturated carbocycles. The second kappa shape index (κ2) is 16.6. The monoisotopic (exact) mass is 699 g/mol. The van der Waals surface area contributed by atoms with Crippen molar-refractivity contribution < 1.29 is 37.1 Å². The Morgan fingerprint density at radius 2 is 1.82 bits per heavy atom. The first kappa shape index (κ1) is 37.8. The molecule has 2 aliphatic heterocycles. The normalized spacial score (nSPS) is 15.8. The Kier molecular flexibility index (Phi) is 12.8. The Bertz CT molecular complexity index is 1620. The summed E-state index contributed by atoms with van der Waals surface area (Å²) in [6.07, 6.45) is 4.01. The van der Waals surface area contributed by atoms with E-state index >= 15 is 0 Å². The van der Waals surface area contributed by atoms with Gasteiger partial charge in [-0.15, -0.1) is 0 Å². The van der Waals surface area contributed by atoms with Gasteiger partial charge in [-0.3, -0.25) is 14.5 Å². The lowest BCUT2D eigenvalue weighted by atomic mass is 10.0. The lowest BCUT2D eigenvalue weighted by Gasteiger charge is -2.37. The van der Waals surface area contributed by atoms with Crippen molar-refractivity contribution in [1.29, 1.82) is 0 Å². The van der Waals surface area contributed by atoms with Crippen LogP contribution in [0.5, 0.6) is 0 Å². The van der Waals surface area contributed by atoms with Gasteiger partial charge in [0.2, 0.25) is 21.8 Å². The number of benzene rings is 1. The largest absolute Gasteiger partial charge is 0.464 e. The van der Waals surface area contributed by atoms with Crippen LogP contribution in [0, 0.1) is 5.92 Å². The van der Waals surface area contributed by atoms with Gasteiger partial charge in [0.05, 0.1) is 17.4 Å². The van der Waals surface area contributed by atoms with Crippen molar-refractivity contribution >= 4 is 39.7 Å². The van der Waals surface area contributed by atoms with Crippen LogP contribution >= 0.6 is 0 Å². The third-order valence-electron chi connectivity index (χ3n) is 8.35. The molecule has 3 heterocycles. The summed E-state index contributed by atoms with van der Waals surface area (Å²) < 4.78 is 38.0. The van der Waals surface area contributed by atoms with Gasteiger partial charge in [-0.05, 0) is 95.5 Å². The first-order valence-electron chi connectivity index (χ1n) is 17.0. The summed E-state index contributed by atoms with van der Waals surface area (Å²) in [5.41, 5.74) is 2.10. The molecule has 1 unspecified atom stereocenters. The smallest absolute Gasteiger partial charge is 0.416 e. The number of aromatic nitrogens is 1. The molecule has 3 amide bonds. The van der Waals surface area contributed by atoms with Gasteiger partial charge >= 0.3 is 12.1 Å². The maximum atomic E-state index is 13.0. The van der Waals surface area contributed by atoms with Gasteiger partial charge in [0.15, 0.2) is 0 Å². The molecule has 1 fully saturated rings. The third-order valence-corrected chi connectivity index (χ3v) is 10.2. The molecule has 2 aromatic rings. The van der Waals surface area contributed by atoms with Crippen LogP contribution in [0.25, 0.3) is 0 Å². The number of aryl methyl sites for hydroxylation is 3. The Morgan fingerprint density at radius 1 is 1.06 bits per heavy atom. The summed E-state index contributed by atoms with van der Waals surface area (Å²) in [4.78, 5) is 57.5. The van der Waals surface area contributed by atoms with Gasteiger partial charge < -0.3 is 20.1 Å². The molecule has 49 heavy (non-hydrogen) atoms. The van der Waals surface area contributed by atoms with Crippen LogP contribution in [0.3, 0.4) is 0 Å². The molecule has 0 aliphatic carbocycles. The molecule has 4 rings (SSSR count). The number of esters is 1. The van der Waals surface area contributed by atoms with Crippen LogP contribution in [-0.4, -0.2) is 86.0 Å². The lowest BCUT2D eigenvalue weighted by Crippen LogP contribution is -2.59. The Balaban J connectivity index is 1.23. The number of unbranched alkanes of at least 4 members (excludes halogenated alkanes) is 1. The van der Waals surface area contributed by atoms with Gasteiger partial charge in [-0.1, -0.05) is 25.1 Å². The number of sulfonamides is 1. The highest BCUT2D eigenvalue weighted by Crippen LogP contribution is 2.28. The number of nitrogens with zero attached hydrogens (tertiary/aromatic N) is 3. The van der Waals surface area contributed by atoms with Crippen LogP contribution in [0.2, 0.25) is 0 Å². The second-order valence-corrected chi connectivity index (χ2v) is 15.3. The summed E-state index contributed by atoms with van der Waals surface area (Å²) in [6, 6.07) is 9.55. The fourth-order valence-corrected chi connectivity index (χ4v) is 7.21. The number of nitrogens with one attached hydrogen (secondary N) is 2. The van der Waals surface area contributed by atoms with Gasteiger partial charge in [0, 0.05) is 38.3 Å². The van der Waals surface area contributed by atoms with E-state index < -0.39 is 45.6 Å². The topological polar surface area (TPSA) is 164 Å². The van der Waals surface area contributed by atoms with Gasteiger partial charge in [-0.2, -0.15) is 4.31 Å². The molecule has 0 radical (unpaired) electrons. The molecule has 14 heteroatoms. The first-order chi connectivity index (χ1) is 23.2. The fraction of sp³-hybridized carbons (Fsp3) is 0.571. The summed E-state index contributed by atoms with van der Waals surface area (Å²) in [5, 5.41) is 5.34. The molecule has 2 aliphatic rings. The van der Waals surface area contributed by atoms with E-state index in [0.29, 0.717) is 38.0 Å². The van der Waals surface area contributed by atoms with Crippen molar-refractivity contribution in [3.63, 3.8) is 0 Å². The number of hydrogen-bond donors (Lipinski definition) is 2. The van der Waals surface area contributed by atoms with E-state index in [1.54, 1.807) is 24.0 Å². The van der Waals surface area contributed by atoms with Crippen LogP contribution in [0.4, 0.5) is 10.6 Å². The van der Waals surface area contributed by atoms with E-state index in [4.69, 9.17) is 14.5 Å². The minimum atomic E-state index is -3.74. The van der Waals surface area contributed by atoms with E-state index in [2.05, 4.69) is 10.6 Å². The molecule has 268 valence electrons. The van der Waals surface area contributed by atoms with E-state index in [1.807, 2.05) is 45.9 Å². The molecule has 2 N–H and O–H groups in total. The Morgan fingerprint density at radius 3 is 2.51 bits per heavy atom. The fourth-order valence-electron chi connectivity index (χ4n) is 5.61. The number of ether oxygens (including phenoxy) is 2. The SMILES string of the molecule is CCOC(=O)C(CNC(=O)CCCCc1ccc2c(n1)N(C(=O)OC(C)(C)C)CCC2)NC(=O)C1CN(S(=O)(=O)c2cccc(CC)c2)C1. The maximum absolute atomic E-state index is 13.0. The van der Waals surface area contributed by atoms with Crippen molar-refractivity contribution in [2.75, 3.05) is 37.7 Å². The quantitative estimate of drug-likeness (QED) is 0.222. The summed E-state index contributed by atoms with van der Waals surface area (Å²) in [6.45, 7) is 9.53. The highest BCUT2D eigenvalue weighted by molar-refractivity contribution is 7.89.